The van der Waals surface area contributed by atoms with Gasteiger partial charge in [0.05, 0.1) is 22.4 Å². The van der Waals surface area contributed by atoms with Gasteiger partial charge in [0.25, 0.3) is 5.91 Å². The second-order valence-electron chi connectivity index (χ2n) is 4.92. The first-order chi connectivity index (χ1) is 9.05. The van der Waals surface area contributed by atoms with E-state index in [1.165, 1.54) is 6.26 Å². The summed E-state index contributed by atoms with van der Waals surface area (Å²) >= 11 is 8.41. The van der Waals surface area contributed by atoms with Crippen molar-refractivity contribution in [1.82, 2.24) is 5.32 Å². The van der Waals surface area contributed by atoms with Gasteiger partial charge in [-0.1, -0.05) is 37.9 Å². The fourth-order valence-electron chi connectivity index (χ4n) is 2.51. The first-order valence-corrected chi connectivity index (χ1v) is 7.61. The standard InChI is InChI=1S/C13H17BrN2O2S/c14-10-9(5-8-18-10)11(17)16-13(12(15)19)6-3-1-2-4-7-13/h5,8H,1-4,6-7H2,(H2,15,19)(H,16,17). The lowest BCUT2D eigenvalue weighted by molar-refractivity contribution is 0.0915. The lowest BCUT2D eigenvalue weighted by atomic mass is 9.89. The third-order valence-corrected chi connectivity index (χ3v) is 4.65. The van der Waals surface area contributed by atoms with Crippen LogP contribution >= 0.6 is 28.1 Å². The second kappa shape index (κ2) is 6.05. The molecule has 0 aromatic carbocycles. The van der Waals surface area contributed by atoms with Crippen molar-refractivity contribution in [2.45, 2.75) is 44.1 Å². The number of carbonyl (C=O) groups is 1. The molecule has 1 saturated carbocycles. The molecular weight excluding hydrogens is 328 g/mol. The first kappa shape index (κ1) is 14.5. The van der Waals surface area contributed by atoms with Crippen LogP contribution in [0.25, 0.3) is 0 Å². The van der Waals surface area contributed by atoms with Crippen LogP contribution in [0, 0.1) is 0 Å². The average Bonchev–Trinajstić information content (AvgIpc) is 2.64. The molecule has 1 aliphatic carbocycles. The van der Waals surface area contributed by atoms with Crippen LogP contribution in [0.15, 0.2) is 21.4 Å². The molecule has 6 heteroatoms. The number of thiocarbonyl (C=S) groups is 1. The lowest BCUT2D eigenvalue weighted by Gasteiger charge is -2.32. The molecule has 1 aliphatic rings. The van der Waals surface area contributed by atoms with Gasteiger partial charge in [0, 0.05) is 0 Å². The number of nitrogens with one attached hydrogen (secondary N) is 1. The van der Waals surface area contributed by atoms with Gasteiger partial charge in [0.2, 0.25) is 0 Å². The van der Waals surface area contributed by atoms with Crippen molar-refractivity contribution in [3.8, 4) is 0 Å². The minimum atomic E-state index is -0.556. The minimum absolute atomic E-state index is 0.199. The summed E-state index contributed by atoms with van der Waals surface area (Å²) in [6.07, 6.45) is 7.48. The van der Waals surface area contributed by atoms with Gasteiger partial charge in [0.15, 0.2) is 4.67 Å². The Hall–Kier alpha value is -0.880. The number of hydrogen-bond donors (Lipinski definition) is 2. The average molecular weight is 345 g/mol. The minimum Gasteiger partial charge on any atom is -0.457 e. The Balaban J connectivity index is 2.19. The van der Waals surface area contributed by atoms with Crippen LogP contribution in [0.3, 0.4) is 0 Å². The molecule has 19 heavy (non-hydrogen) atoms. The van der Waals surface area contributed by atoms with Gasteiger partial charge < -0.3 is 15.5 Å². The first-order valence-electron chi connectivity index (χ1n) is 6.40. The Morgan fingerprint density at radius 3 is 2.47 bits per heavy atom. The van der Waals surface area contributed by atoms with E-state index in [0.29, 0.717) is 15.2 Å². The predicted octanol–water partition coefficient (Wildman–Crippen LogP) is 3.15. The van der Waals surface area contributed by atoms with Crippen molar-refractivity contribution in [1.29, 1.82) is 0 Å². The highest BCUT2D eigenvalue weighted by Gasteiger charge is 2.36. The van der Waals surface area contributed by atoms with Gasteiger partial charge in [-0.2, -0.15) is 0 Å². The van der Waals surface area contributed by atoms with Crippen LogP contribution in [0.5, 0.6) is 0 Å². The summed E-state index contributed by atoms with van der Waals surface area (Å²) in [6.45, 7) is 0. The Bertz CT molecular complexity index is 479. The molecular formula is C13H17BrN2O2S. The summed E-state index contributed by atoms with van der Waals surface area (Å²) in [4.78, 5) is 12.7. The zero-order valence-electron chi connectivity index (χ0n) is 10.6. The van der Waals surface area contributed by atoms with Crippen LogP contribution < -0.4 is 11.1 Å². The van der Waals surface area contributed by atoms with Gasteiger partial charge in [-0.05, 0) is 34.8 Å². The largest absolute Gasteiger partial charge is 0.457 e. The third-order valence-electron chi connectivity index (χ3n) is 3.64. The van der Waals surface area contributed by atoms with E-state index < -0.39 is 5.54 Å². The van der Waals surface area contributed by atoms with Gasteiger partial charge in [0.1, 0.15) is 0 Å². The Labute approximate surface area is 126 Å². The van der Waals surface area contributed by atoms with E-state index in [2.05, 4.69) is 21.2 Å². The van der Waals surface area contributed by atoms with Crippen LogP contribution in [0.2, 0.25) is 0 Å². The predicted molar refractivity (Wildman–Crippen MR) is 81.1 cm³/mol. The Kier molecular flexibility index (Phi) is 4.62. The van der Waals surface area contributed by atoms with Crippen LogP contribution in [0.4, 0.5) is 0 Å². The van der Waals surface area contributed by atoms with E-state index in [0.717, 1.165) is 38.5 Å². The van der Waals surface area contributed by atoms with Crippen molar-refractivity contribution >= 4 is 39.0 Å². The highest BCUT2D eigenvalue weighted by Crippen LogP contribution is 2.28. The highest BCUT2D eigenvalue weighted by molar-refractivity contribution is 9.10. The normalized spacial score (nSPS) is 18.6. The van der Waals surface area contributed by atoms with Gasteiger partial charge in [-0.25, -0.2) is 0 Å². The van der Waals surface area contributed by atoms with Crippen LogP contribution in [0.1, 0.15) is 48.9 Å². The Morgan fingerprint density at radius 2 is 2.00 bits per heavy atom. The molecule has 0 radical (unpaired) electrons. The van der Waals surface area contributed by atoms with Gasteiger partial charge in [-0.15, -0.1) is 0 Å². The number of nitrogens with two attached hydrogens (primary N) is 1. The molecule has 0 atom stereocenters. The fraction of sp³-hybridized carbons (Fsp3) is 0.538. The maximum Gasteiger partial charge on any atom is 0.256 e. The maximum atomic E-state index is 12.3. The molecule has 0 saturated heterocycles. The second-order valence-corrected chi connectivity index (χ2v) is 6.08. The molecule has 3 N–H and O–H groups in total. The fourth-order valence-corrected chi connectivity index (χ4v) is 3.18. The number of hydrogen-bond acceptors (Lipinski definition) is 3. The summed E-state index contributed by atoms with van der Waals surface area (Å²) in [5.41, 5.74) is 5.81. The molecule has 1 heterocycles. The molecule has 0 spiro atoms. The summed E-state index contributed by atoms with van der Waals surface area (Å²) in [6, 6.07) is 1.63. The molecule has 0 bridgehead atoms. The monoisotopic (exact) mass is 344 g/mol. The van der Waals surface area contributed by atoms with Crippen molar-refractivity contribution in [3.63, 3.8) is 0 Å². The number of rotatable bonds is 3. The zero-order chi connectivity index (χ0) is 13.9. The number of amides is 1. The third kappa shape index (κ3) is 3.17. The molecule has 0 unspecified atom stereocenters. The molecule has 1 amide bonds. The topological polar surface area (TPSA) is 68.3 Å². The summed E-state index contributed by atoms with van der Waals surface area (Å²) < 4.78 is 5.51. The van der Waals surface area contributed by atoms with E-state index in [4.69, 9.17) is 22.4 Å². The van der Waals surface area contributed by atoms with Crippen molar-refractivity contribution in [2.75, 3.05) is 0 Å². The molecule has 4 nitrogen and oxygen atoms in total. The number of carbonyl (C=O) groups excluding carboxylic acids is 1. The van der Waals surface area contributed by atoms with Gasteiger partial charge >= 0.3 is 0 Å². The maximum absolute atomic E-state index is 12.3. The van der Waals surface area contributed by atoms with Crippen LogP contribution in [-0.4, -0.2) is 16.4 Å². The quantitative estimate of drug-likeness (QED) is 0.652. The van der Waals surface area contributed by atoms with Crippen molar-refractivity contribution in [2.24, 2.45) is 5.73 Å². The molecule has 104 valence electrons. The van der Waals surface area contributed by atoms with Crippen molar-refractivity contribution in [3.05, 3.63) is 22.6 Å². The van der Waals surface area contributed by atoms with E-state index in [1.54, 1.807) is 6.07 Å². The summed E-state index contributed by atoms with van der Waals surface area (Å²) in [7, 11) is 0. The molecule has 1 aromatic rings. The van der Waals surface area contributed by atoms with E-state index in [-0.39, 0.29) is 5.91 Å². The van der Waals surface area contributed by atoms with E-state index in [1.807, 2.05) is 0 Å². The Morgan fingerprint density at radius 1 is 1.37 bits per heavy atom. The summed E-state index contributed by atoms with van der Waals surface area (Å²) in [5, 5.41) is 3.02. The van der Waals surface area contributed by atoms with Gasteiger partial charge in [-0.3, -0.25) is 4.79 Å². The highest BCUT2D eigenvalue weighted by atomic mass is 79.9. The number of furan rings is 1. The van der Waals surface area contributed by atoms with E-state index >= 15 is 0 Å². The molecule has 1 aromatic heterocycles. The zero-order valence-corrected chi connectivity index (χ0v) is 13.0. The molecule has 0 aliphatic heterocycles. The smallest absolute Gasteiger partial charge is 0.256 e. The van der Waals surface area contributed by atoms with E-state index in [9.17, 15) is 4.79 Å². The SMILES string of the molecule is NC(=S)C1(NC(=O)c2ccoc2Br)CCCCCC1. The van der Waals surface area contributed by atoms with Crippen molar-refractivity contribution < 1.29 is 9.21 Å². The lowest BCUT2D eigenvalue weighted by Crippen LogP contribution is -2.56. The van der Waals surface area contributed by atoms with Crippen LogP contribution in [-0.2, 0) is 0 Å². The molecule has 1 fully saturated rings. The summed E-state index contributed by atoms with van der Waals surface area (Å²) in [5.74, 6) is -0.199. The number of halogens is 1. The molecule has 2 rings (SSSR count).